The average Bonchev–Trinajstić information content (AvgIpc) is 2.98. The molecule has 1 saturated carbocycles. The molecule has 3 N–H and O–H groups in total. The average molecular weight is 262 g/mol. The van der Waals surface area contributed by atoms with Gasteiger partial charge in [0.1, 0.15) is 5.82 Å². The van der Waals surface area contributed by atoms with Crippen LogP contribution in [0.3, 0.4) is 0 Å². The van der Waals surface area contributed by atoms with Crippen LogP contribution >= 0.6 is 0 Å². The van der Waals surface area contributed by atoms with Crippen LogP contribution in [-0.4, -0.2) is 22.0 Å². The summed E-state index contributed by atoms with van der Waals surface area (Å²) < 4.78 is 0. The van der Waals surface area contributed by atoms with E-state index < -0.39 is 0 Å². The van der Waals surface area contributed by atoms with Crippen LogP contribution in [0.4, 0.5) is 5.82 Å². The molecule has 1 saturated heterocycles. The molecule has 0 radical (unpaired) electrons. The predicted octanol–water partition coefficient (Wildman–Crippen LogP) is 1.08. The first kappa shape index (κ1) is 12.3. The van der Waals surface area contributed by atoms with Gasteiger partial charge in [-0.25, -0.2) is 4.90 Å². The number of H-pyrrole nitrogens is 1. The van der Waals surface area contributed by atoms with Gasteiger partial charge in [-0.3, -0.25) is 14.7 Å². The minimum absolute atomic E-state index is 0.0758. The highest BCUT2D eigenvalue weighted by atomic mass is 16.2. The summed E-state index contributed by atoms with van der Waals surface area (Å²) in [5, 5.41) is 6.60. The number of nitrogens with one attached hydrogen (secondary N) is 1. The molecule has 2 aliphatic rings. The van der Waals surface area contributed by atoms with Crippen LogP contribution in [0.5, 0.6) is 0 Å². The van der Waals surface area contributed by atoms with Gasteiger partial charge in [0, 0.05) is 24.9 Å². The van der Waals surface area contributed by atoms with Crippen LogP contribution < -0.4 is 10.6 Å². The van der Waals surface area contributed by atoms with E-state index in [0.717, 1.165) is 25.7 Å². The lowest BCUT2D eigenvalue weighted by Crippen LogP contribution is -2.48. The highest BCUT2D eigenvalue weighted by molar-refractivity contribution is 6.16. The molecule has 6 heteroatoms. The summed E-state index contributed by atoms with van der Waals surface area (Å²) in [5.41, 5.74) is 6.22. The largest absolute Gasteiger partial charge is 0.326 e. The first-order valence-electron chi connectivity index (χ1n) is 6.73. The molecule has 1 aromatic heterocycles. The number of nitrogens with two attached hydrogens (primary N) is 1. The lowest BCUT2D eigenvalue weighted by Gasteiger charge is -2.36. The number of imide groups is 1. The second-order valence-electron chi connectivity index (χ2n) is 5.63. The van der Waals surface area contributed by atoms with Gasteiger partial charge in [-0.2, -0.15) is 5.10 Å². The Morgan fingerprint density at radius 1 is 1.26 bits per heavy atom. The molecule has 2 amide bonds. The zero-order valence-corrected chi connectivity index (χ0v) is 10.8. The zero-order valence-electron chi connectivity index (χ0n) is 10.8. The number of amides is 2. The Morgan fingerprint density at radius 2 is 1.89 bits per heavy atom. The van der Waals surface area contributed by atoms with E-state index in [1.165, 1.54) is 4.90 Å². The lowest BCUT2D eigenvalue weighted by atomic mass is 9.76. The van der Waals surface area contributed by atoms with E-state index >= 15 is 0 Å². The van der Waals surface area contributed by atoms with Crippen molar-refractivity contribution in [3.63, 3.8) is 0 Å². The van der Waals surface area contributed by atoms with Crippen LogP contribution in [0.15, 0.2) is 6.20 Å². The highest BCUT2D eigenvalue weighted by Crippen LogP contribution is 2.47. The van der Waals surface area contributed by atoms with Gasteiger partial charge in [0.2, 0.25) is 11.8 Å². The van der Waals surface area contributed by atoms with E-state index in [1.807, 2.05) is 0 Å². The van der Waals surface area contributed by atoms with Crippen molar-refractivity contribution in [1.29, 1.82) is 0 Å². The molecule has 1 spiro atoms. The molecular weight excluding hydrogens is 244 g/mol. The quantitative estimate of drug-likeness (QED) is 0.780. The Kier molecular flexibility index (Phi) is 2.89. The molecule has 2 heterocycles. The number of nitrogens with zero attached hydrogens (tertiary/aromatic N) is 2. The zero-order chi connectivity index (χ0) is 13.5. The number of hydrogen-bond acceptors (Lipinski definition) is 4. The van der Waals surface area contributed by atoms with Crippen molar-refractivity contribution in [3.8, 4) is 0 Å². The Labute approximate surface area is 111 Å². The number of carbonyl (C=O) groups excluding carboxylic acids is 2. The molecule has 102 valence electrons. The SMILES string of the molecule is NCc1cn[nH]c1N1C(=O)CC2(CCCC2)CC1=O. The van der Waals surface area contributed by atoms with Gasteiger partial charge in [-0.05, 0) is 18.3 Å². The van der Waals surface area contributed by atoms with Crippen LogP contribution in [0.1, 0.15) is 44.1 Å². The second-order valence-corrected chi connectivity index (χ2v) is 5.63. The number of carbonyl (C=O) groups is 2. The van der Waals surface area contributed by atoms with Gasteiger partial charge in [0.05, 0.1) is 6.20 Å². The molecule has 2 fully saturated rings. The number of anilines is 1. The van der Waals surface area contributed by atoms with Crippen molar-refractivity contribution in [1.82, 2.24) is 10.2 Å². The third-order valence-corrected chi connectivity index (χ3v) is 4.35. The Hall–Kier alpha value is -1.69. The smallest absolute Gasteiger partial charge is 0.235 e. The van der Waals surface area contributed by atoms with Crippen molar-refractivity contribution in [2.45, 2.75) is 45.1 Å². The van der Waals surface area contributed by atoms with Gasteiger partial charge in [0.25, 0.3) is 0 Å². The fraction of sp³-hybridized carbons (Fsp3) is 0.615. The maximum absolute atomic E-state index is 12.3. The standard InChI is InChI=1S/C13H18N4O2/c14-7-9-8-15-16-12(9)17-10(18)5-13(6-11(17)19)3-1-2-4-13/h8H,1-7,14H2,(H,15,16). The van der Waals surface area contributed by atoms with Gasteiger partial charge in [-0.15, -0.1) is 0 Å². The second kappa shape index (κ2) is 4.45. The normalized spacial score (nSPS) is 22.5. The summed E-state index contributed by atoms with van der Waals surface area (Å²) >= 11 is 0. The third kappa shape index (κ3) is 1.96. The minimum atomic E-state index is -0.128. The Bertz CT molecular complexity index is 496. The van der Waals surface area contributed by atoms with Gasteiger partial charge < -0.3 is 5.73 Å². The number of rotatable bonds is 2. The summed E-state index contributed by atoms with van der Waals surface area (Å²) in [6, 6.07) is 0. The van der Waals surface area contributed by atoms with Gasteiger partial charge >= 0.3 is 0 Å². The maximum Gasteiger partial charge on any atom is 0.235 e. The number of aromatic nitrogens is 2. The molecule has 19 heavy (non-hydrogen) atoms. The molecular formula is C13H18N4O2. The molecule has 0 unspecified atom stereocenters. The summed E-state index contributed by atoms with van der Waals surface area (Å²) in [6.45, 7) is 0.258. The summed E-state index contributed by atoms with van der Waals surface area (Å²) in [6.07, 6.45) is 6.72. The summed E-state index contributed by atoms with van der Waals surface area (Å²) in [7, 11) is 0. The molecule has 6 nitrogen and oxygen atoms in total. The van der Waals surface area contributed by atoms with E-state index in [9.17, 15) is 9.59 Å². The first-order valence-corrected chi connectivity index (χ1v) is 6.73. The van der Waals surface area contributed by atoms with E-state index in [4.69, 9.17) is 5.73 Å². The van der Waals surface area contributed by atoms with Crippen molar-refractivity contribution < 1.29 is 9.59 Å². The van der Waals surface area contributed by atoms with Crippen molar-refractivity contribution in [2.24, 2.45) is 11.1 Å². The summed E-state index contributed by atoms with van der Waals surface area (Å²) in [4.78, 5) is 25.9. The number of hydrogen-bond donors (Lipinski definition) is 2. The molecule has 1 aliphatic carbocycles. The van der Waals surface area contributed by atoms with Gasteiger partial charge in [0.15, 0.2) is 0 Å². The minimum Gasteiger partial charge on any atom is -0.326 e. The Balaban J connectivity index is 1.89. The molecule has 0 atom stereocenters. The summed E-state index contributed by atoms with van der Waals surface area (Å²) in [5.74, 6) is 0.194. The van der Waals surface area contributed by atoms with Crippen molar-refractivity contribution in [3.05, 3.63) is 11.8 Å². The molecule has 0 aromatic carbocycles. The fourth-order valence-electron chi connectivity index (χ4n) is 3.38. The topological polar surface area (TPSA) is 92.1 Å². The van der Waals surface area contributed by atoms with Crippen LogP contribution in [-0.2, 0) is 16.1 Å². The van der Waals surface area contributed by atoms with E-state index in [1.54, 1.807) is 6.20 Å². The first-order chi connectivity index (χ1) is 9.15. The molecule has 0 bridgehead atoms. The van der Waals surface area contributed by atoms with E-state index in [2.05, 4.69) is 10.2 Å². The van der Waals surface area contributed by atoms with E-state index in [-0.39, 0.29) is 23.8 Å². The van der Waals surface area contributed by atoms with E-state index in [0.29, 0.717) is 24.2 Å². The van der Waals surface area contributed by atoms with Crippen LogP contribution in [0.25, 0.3) is 0 Å². The fourth-order valence-corrected chi connectivity index (χ4v) is 3.38. The van der Waals surface area contributed by atoms with Crippen molar-refractivity contribution in [2.75, 3.05) is 4.90 Å². The maximum atomic E-state index is 12.3. The molecule has 1 aromatic rings. The Morgan fingerprint density at radius 3 is 2.47 bits per heavy atom. The number of piperidine rings is 1. The monoisotopic (exact) mass is 262 g/mol. The lowest BCUT2D eigenvalue weighted by molar-refractivity contribution is -0.133. The van der Waals surface area contributed by atoms with Crippen LogP contribution in [0.2, 0.25) is 0 Å². The molecule has 1 aliphatic heterocycles. The predicted molar refractivity (Wildman–Crippen MR) is 69.1 cm³/mol. The highest BCUT2D eigenvalue weighted by Gasteiger charge is 2.46. The third-order valence-electron chi connectivity index (χ3n) is 4.35. The number of aromatic amines is 1. The van der Waals surface area contributed by atoms with Crippen molar-refractivity contribution >= 4 is 17.6 Å². The van der Waals surface area contributed by atoms with Crippen LogP contribution in [0, 0.1) is 5.41 Å². The molecule has 3 rings (SSSR count). The van der Waals surface area contributed by atoms with Gasteiger partial charge in [-0.1, -0.05) is 12.8 Å².